The molecule has 0 unspecified atom stereocenters. The molecule has 1 saturated carbocycles. The van der Waals surface area contributed by atoms with Gasteiger partial charge in [0, 0.05) is 17.5 Å². The van der Waals surface area contributed by atoms with Crippen LogP contribution in [-0.2, 0) is 14.3 Å². The molecule has 2 aliphatic rings. The highest BCUT2D eigenvalue weighted by molar-refractivity contribution is 6.31. The molecule has 148 valence electrons. The highest BCUT2D eigenvalue weighted by Crippen LogP contribution is 2.30. The summed E-state index contributed by atoms with van der Waals surface area (Å²) in [6.45, 7) is 3.27. The first-order chi connectivity index (χ1) is 12.9. The molecular weight excluding hydrogens is 368 g/mol. The molecule has 7 heteroatoms. The van der Waals surface area contributed by atoms with Crippen molar-refractivity contribution in [2.75, 3.05) is 26.3 Å². The van der Waals surface area contributed by atoms with E-state index in [2.05, 4.69) is 0 Å². The average Bonchev–Trinajstić information content (AvgIpc) is 3.16. The van der Waals surface area contributed by atoms with Crippen LogP contribution < -0.4 is 10.5 Å². The number of amides is 2. The Morgan fingerprint density at radius 1 is 1.37 bits per heavy atom. The minimum absolute atomic E-state index is 0.00795. The van der Waals surface area contributed by atoms with Crippen LogP contribution in [0.2, 0.25) is 5.02 Å². The second kappa shape index (κ2) is 8.48. The van der Waals surface area contributed by atoms with Crippen molar-refractivity contribution in [2.24, 2.45) is 11.7 Å². The fourth-order valence-corrected chi connectivity index (χ4v) is 4.07. The maximum Gasteiger partial charge on any atom is 0.225 e. The lowest BCUT2D eigenvalue weighted by Gasteiger charge is -2.42. The third-order valence-electron chi connectivity index (χ3n) is 5.39. The Balaban J connectivity index is 1.71. The number of benzene rings is 1. The molecule has 2 fully saturated rings. The van der Waals surface area contributed by atoms with Crippen molar-refractivity contribution in [1.82, 2.24) is 4.90 Å². The summed E-state index contributed by atoms with van der Waals surface area (Å²) in [6.07, 6.45) is 4.10. The van der Waals surface area contributed by atoms with Crippen LogP contribution in [0, 0.1) is 12.8 Å². The van der Waals surface area contributed by atoms with Gasteiger partial charge in [0.15, 0.2) is 0 Å². The van der Waals surface area contributed by atoms with E-state index in [1.807, 2.05) is 17.9 Å². The molecule has 0 aromatic heterocycles. The van der Waals surface area contributed by atoms with E-state index >= 15 is 0 Å². The zero-order valence-electron chi connectivity index (χ0n) is 15.7. The molecule has 1 heterocycles. The lowest BCUT2D eigenvalue weighted by Crippen LogP contribution is -2.58. The van der Waals surface area contributed by atoms with Gasteiger partial charge in [-0.15, -0.1) is 0 Å². The molecule has 1 atom stereocenters. The fraction of sp³-hybridized carbons (Fsp3) is 0.600. The molecular formula is C20H27ClN2O4. The molecule has 27 heavy (non-hydrogen) atoms. The number of aryl methyl sites for hydroxylation is 1. The zero-order valence-corrected chi connectivity index (χ0v) is 16.5. The van der Waals surface area contributed by atoms with Gasteiger partial charge in [0.1, 0.15) is 18.0 Å². The lowest BCUT2D eigenvalue weighted by molar-refractivity contribution is -0.164. The van der Waals surface area contributed by atoms with Crippen LogP contribution in [0.3, 0.4) is 0 Å². The standard InChI is InChI=1S/C20H27ClN2O4/c1-14-10-16(6-7-17(14)21)26-13-20(11-18(22)24)12-23(8-9-27-20)19(25)15-4-2-3-5-15/h6-7,10,15H,2-5,8-9,11-13H2,1H3,(H2,22,24)/t20-/m0/s1. The smallest absolute Gasteiger partial charge is 0.225 e. The van der Waals surface area contributed by atoms with Gasteiger partial charge in [-0.1, -0.05) is 24.4 Å². The van der Waals surface area contributed by atoms with Gasteiger partial charge < -0.3 is 20.1 Å². The first kappa shape index (κ1) is 20.0. The van der Waals surface area contributed by atoms with E-state index < -0.39 is 11.5 Å². The number of primary amides is 1. The Bertz CT molecular complexity index is 705. The van der Waals surface area contributed by atoms with Crippen LogP contribution in [0.1, 0.15) is 37.7 Å². The van der Waals surface area contributed by atoms with E-state index in [-0.39, 0.29) is 24.9 Å². The highest BCUT2D eigenvalue weighted by atomic mass is 35.5. The summed E-state index contributed by atoms with van der Waals surface area (Å²) < 4.78 is 11.9. The second-order valence-electron chi connectivity index (χ2n) is 7.62. The Hall–Kier alpha value is -1.79. The predicted octanol–water partition coefficient (Wildman–Crippen LogP) is 2.69. The third-order valence-corrected chi connectivity index (χ3v) is 5.82. The number of hydrogen-bond acceptors (Lipinski definition) is 4. The van der Waals surface area contributed by atoms with Crippen LogP contribution in [0.4, 0.5) is 0 Å². The van der Waals surface area contributed by atoms with E-state index in [1.54, 1.807) is 12.1 Å². The zero-order chi connectivity index (χ0) is 19.4. The van der Waals surface area contributed by atoms with E-state index in [0.717, 1.165) is 31.2 Å². The Kier molecular flexibility index (Phi) is 6.27. The van der Waals surface area contributed by atoms with Gasteiger partial charge in [-0.25, -0.2) is 0 Å². The van der Waals surface area contributed by atoms with Gasteiger partial charge in [-0.2, -0.15) is 0 Å². The molecule has 1 aliphatic heterocycles. The summed E-state index contributed by atoms with van der Waals surface area (Å²) in [4.78, 5) is 26.3. The summed E-state index contributed by atoms with van der Waals surface area (Å²) in [6, 6.07) is 5.38. The van der Waals surface area contributed by atoms with Crippen LogP contribution >= 0.6 is 11.6 Å². The molecule has 0 spiro atoms. The highest BCUT2D eigenvalue weighted by Gasteiger charge is 2.42. The van der Waals surface area contributed by atoms with Crippen molar-refractivity contribution in [1.29, 1.82) is 0 Å². The Morgan fingerprint density at radius 3 is 2.78 bits per heavy atom. The molecule has 2 N–H and O–H groups in total. The molecule has 3 rings (SSSR count). The van der Waals surface area contributed by atoms with Gasteiger partial charge in [0.05, 0.1) is 19.6 Å². The average molecular weight is 395 g/mol. The minimum Gasteiger partial charge on any atom is -0.490 e. The third kappa shape index (κ3) is 4.93. The molecule has 0 bridgehead atoms. The number of nitrogens with two attached hydrogens (primary N) is 1. The van der Waals surface area contributed by atoms with Crippen LogP contribution in [0.15, 0.2) is 18.2 Å². The summed E-state index contributed by atoms with van der Waals surface area (Å²) in [5.41, 5.74) is 5.45. The SMILES string of the molecule is Cc1cc(OC[C@]2(CC(N)=O)CN(C(=O)C3CCCC3)CCO2)ccc1Cl. The molecule has 2 amide bonds. The molecule has 1 aliphatic carbocycles. The number of morpholine rings is 1. The topological polar surface area (TPSA) is 81.9 Å². The van der Waals surface area contributed by atoms with Gasteiger partial charge in [0.25, 0.3) is 0 Å². The summed E-state index contributed by atoms with van der Waals surface area (Å²) >= 11 is 6.06. The molecule has 6 nitrogen and oxygen atoms in total. The predicted molar refractivity (Wildman–Crippen MR) is 103 cm³/mol. The van der Waals surface area contributed by atoms with E-state index in [9.17, 15) is 9.59 Å². The van der Waals surface area contributed by atoms with Crippen LogP contribution in [-0.4, -0.2) is 48.6 Å². The van der Waals surface area contributed by atoms with Gasteiger partial charge in [0.2, 0.25) is 11.8 Å². The summed E-state index contributed by atoms with van der Waals surface area (Å²) in [5.74, 6) is 0.422. The molecule has 1 aromatic carbocycles. The largest absolute Gasteiger partial charge is 0.490 e. The van der Waals surface area contributed by atoms with E-state index in [1.165, 1.54) is 0 Å². The lowest BCUT2D eigenvalue weighted by atomic mass is 9.96. The number of nitrogens with zero attached hydrogens (tertiary/aromatic N) is 1. The van der Waals surface area contributed by atoms with Crippen molar-refractivity contribution >= 4 is 23.4 Å². The van der Waals surface area contributed by atoms with Crippen molar-refractivity contribution in [3.05, 3.63) is 28.8 Å². The first-order valence-electron chi connectivity index (χ1n) is 9.48. The molecule has 0 radical (unpaired) electrons. The first-order valence-corrected chi connectivity index (χ1v) is 9.86. The Labute approximate surface area is 164 Å². The Morgan fingerprint density at radius 2 is 2.11 bits per heavy atom. The number of hydrogen-bond donors (Lipinski definition) is 1. The number of carbonyl (C=O) groups is 2. The molecule has 1 saturated heterocycles. The second-order valence-corrected chi connectivity index (χ2v) is 8.02. The summed E-state index contributed by atoms with van der Waals surface area (Å²) in [5, 5.41) is 0.663. The monoisotopic (exact) mass is 394 g/mol. The van der Waals surface area contributed by atoms with E-state index in [0.29, 0.717) is 30.5 Å². The number of carbonyl (C=O) groups excluding carboxylic acids is 2. The van der Waals surface area contributed by atoms with Gasteiger partial charge >= 0.3 is 0 Å². The molecule has 1 aromatic rings. The van der Waals surface area contributed by atoms with Gasteiger partial charge in [-0.3, -0.25) is 9.59 Å². The van der Waals surface area contributed by atoms with Gasteiger partial charge in [-0.05, 0) is 43.5 Å². The van der Waals surface area contributed by atoms with Crippen molar-refractivity contribution in [2.45, 2.75) is 44.6 Å². The van der Waals surface area contributed by atoms with Crippen molar-refractivity contribution < 1.29 is 19.1 Å². The number of halogens is 1. The minimum atomic E-state index is -0.925. The maximum absolute atomic E-state index is 12.8. The maximum atomic E-state index is 12.8. The fourth-order valence-electron chi connectivity index (χ4n) is 3.95. The van der Waals surface area contributed by atoms with Crippen LogP contribution in [0.25, 0.3) is 0 Å². The number of rotatable bonds is 6. The summed E-state index contributed by atoms with van der Waals surface area (Å²) in [7, 11) is 0. The van der Waals surface area contributed by atoms with Crippen molar-refractivity contribution in [3.8, 4) is 5.75 Å². The quantitative estimate of drug-likeness (QED) is 0.804. The van der Waals surface area contributed by atoms with E-state index in [4.69, 9.17) is 26.8 Å². The van der Waals surface area contributed by atoms with Crippen molar-refractivity contribution in [3.63, 3.8) is 0 Å². The van der Waals surface area contributed by atoms with Crippen LogP contribution in [0.5, 0.6) is 5.75 Å². The normalized spacial score (nSPS) is 23.4. The number of ether oxygens (including phenoxy) is 2.